The summed E-state index contributed by atoms with van der Waals surface area (Å²) in [6.45, 7) is 2.58. The summed E-state index contributed by atoms with van der Waals surface area (Å²) in [4.78, 5) is 14.5. The summed E-state index contributed by atoms with van der Waals surface area (Å²) in [5.74, 6) is -0.311. The first-order valence-corrected chi connectivity index (χ1v) is 8.11. The fraction of sp³-hybridized carbons (Fsp3) is 0.375. The maximum atomic E-state index is 13.3. The van der Waals surface area contributed by atoms with Gasteiger partial charge in [-0.3, -0.25) is 9.89 Å². The second-order valence-electron chi connectivity index (χ2n) is 5.64. The Balaban J connectivity index is 1.78. The predicted molar refractivity (Wildman–Crippen MR) is 85.2 cm³/mol. The number of hydrogen-bond acceptors (Lipinski definition) is 2. The van der Waals surface area contributed by atoms with Gasteiger partial charge < -0.3 is 4.90 Å². The number of halogens is 2. The molecule has 2 aromatic rings. The summed E-state index contributed by atoms with van der Waals surface area (Å²) in [7, 11) is 0. The zero-order valence-corrected chi connectivity index (χ0v) is 13.9. The maximum absolute atomic E-state index is 13.3. The van der Waals surface area contributed by atoms with Crippen LogP contribution in [0.2, 0.25) is 0 Å². The summed E-state index contributed by atoms with van der Waals surface area (Å²) in [5, 5.41) is 6.91. The molecule has 0 unspecified atom stereocenters. The van der Waals surface area contributed by atoms with E-state index >= 15 is 0 Å². The van der Waals surface area contributed by atoms with Crippen LogP contribution in [0.25, 0.3) is 0 Å². The van der Waals surface area contributed by atoms with E-state index in [1.807, 2.05) is 17.9 Å². The van der Waals surface area contributed by atoms with Gasteiger partial charge in [-0.2, -0.15) is 5.10 Å². The standard InChI is InChI=1S/C16H17BrFN3O/c1-10-14(17)15(20-19-10)16(22)21-7-3-6-13(21)9-11-4-2-5-12(18)8-11/h2,4-5,8,13H,3,6-7,9H2,1H3,(H,19,20)/t13-/m1/s1. The molecule has 22 heavy (non-hydrogen) atoms. The molecule has 6 heteroatoms. The number of rotatable bonds is 3. The molecule has 1 N–H and O–H groups in total. The van der Waals surface area contributed by atoms with Crippen LogP contribution in [0.1, 0.15) is 34.6 Å². The molecule has 116 valence electrons. The van der Waals surface area contributed by atoms with E-state index in [-0.39, 0.29) is 17.8 Å². The highest BCUT2D eigenvalue weighted by atomic mass is 79.9. The first-order valence-electron chi connectivity index (χ1n) is 7.32. The highest BCUT2D eigenvalue weighted by Crippen LogP contribution is 2.26. The van der Waals surface area contributed by atoms with Gasteiger partial charge in [-0.15, -0.1) is 0 Å². The van der Waals surface area contributed by atoms with E-state index in [2.05, 4.69) is 26.1 Å². The lowest BCUT2D eigenvalue weighted by atomic mass is 10.0. The number of H-pyrrole nitrogens is 1. The van der Waals surface area contributed by atoms with Gasteiger partial charge in [-0.25, -0.2) is 4.39 Å². The van der Waals surface area contributed by atoms with E-state index in [4.69, 9.17) is 0 Å². The molecule has 1 aromatic heterocycles. The van der Waals surface area contributed by atoms with E-state index in [1.165, 1.54) is 12.1 Å². The van der Waals surface area contributed by atoms with Crippen molar-refractivity contribution in [3.05, 3.63) is 51.5 Å². The molecule has 1 aliphatic heterocycles. The molecule has 0 saturated carbocycles. The minimum Gasteiger partial charge on any atom is -0.334 e. The Labute approximate surface area is 136 Å². The number of aryl methyl sites for hydroxylation is 1. The summed E-state index contributed by atoms with van der Waals surface area (Å²) in [6.07, 6.45) is 2.57. The topological polar surface area (TPSA) is 49.0 Å². The Bertz CT molecular complexity index is 700. The van der Waals surface area contributed by atoms with Gasteiger partial charge in [-0.1, -0.05) is 12.1 Å². The van der Waals surface area contributed by atoms with Crippen molar-refractivity contribution in [2.24, 2.45) is 0 Å². The number of aromatic amines is 1. The van der Waals surface area contributed by atoms with E-state index in [1.54, 1.807) is 6.07 Å². The highest BCUT2D eigenvalue weighted by Gasteiger charge is 2.32. The molecule has 4 nitrogen and oxygen atoms in total. The zero-order valence-electron chi connectivity index (χ0n) is 12.3. The van der Waals surface area contributed by atoms with Crippen LogP contribution in [-0.4, -0.2) is 33.6 Å². The third-order valence-corrected chi connectivity index (χ3v) is 5.04. The van der Waals surface area contributed by atoms with Crippen molar-refractivity contribution >= 4 is 21.8 Å². The van der Waals surface area contributed by atoms with E-state index in [9.17, 15) is 9.18 Å². The van der Waals surface area contributed by atoms with Crippen LogP contribution in [-0.2, 0) is 6.42 Å². The summed E-state index contributed by atoms with van der Waals surface area (Å²) < 4.78 is 14.0. The molecule has 3 rings (SSSR count). The number of carbonyl (C=O) groups excluding carboxylic acids is 1. The molecule has 2 heterocycles. The summed E-state index contributed by atoms with van der Waals surface area (Å²) in [5.41, 5.74) is 2.18. The largest absolute Gasteiger partial charge is 0.334 e. The molecule has 0 radical (unpaired) electrons. The Hall–Kier alpha value is -1.69. The number of nitrogens with one attached hydrogen (secondary N) is 1. The maximum Gasteiger partial charge on any atom is 0.275 e. The number of likely N-dealkylation sites (tertiary alicyclic amines) is 1. The van der Waals surface area contributed by atoms with E-state index in [0.717, 1.165) is 30.6 Å². The van der Waals surface area contributed by atoms with Crippen molar-refractivity contribution in [1.82, 2.24) is 15.1 Å². The number of nitrogens with zero attached hydrogens (tertiary/aromatic N) is 2. The second kappa shape index (κ2) is 6.20. The third kappa shape index (κ3) is 2.92. The van der Waals surface area contributed by atoms with Crippen LogP contribution in [0, 0.1) is 12.7 Å². The molecule has 1 amide bonds. The minimum absolute atomic E-state index is 0.0740. The Morgan fingerprint density at radius 2 is 2.36 bits per heavy atom. The Kier molecular flexibility index (Phi) is 4.29. The molecule has 0 spiro atoms. The van der Waals surface area contributed by atoms with E-state index in [0.29, 0.717) is 16.6 Å². The predicted octanol–water partition coefficient (Wildman–Crippen LogP) is 3.47. The van der Waals surface area contributed by atoms with Gasteiger partial charge in [0.2, 0.25) is 0 Å². The quantitative estimate of drug-likeness (QED) is 0.905. The monoisotopic (exact) mass is 365 g/mol. The van der Waals surface area contributed by atoms with Crippen LogP contribution < -0.4 is 0 Å². The highest BCUT2D eigenvalue weighted by molar-refractivity contribution is 9.10. The third-order valence-electron chi connectivity index (χ3n) is 4.07. The second-order valence-corrected chi connectivity index (χ2v) is 6.43. The molecule has 1 aromatic carbocycles. The lowest BCUT2D eigenvalue weighted by molar-refractivity contribution is 0.0729. The van der Waals surface area contributed by atoms with Gasteiger partial charge in [0, 0.05) is 18.3 Å². The minimum atomic E-state index is -0.237. The number of benzene rings is 1. The van der Waals surface area contributed by atoms with Gasteiger partial charge in [0.15, 0.2) is 5.69 Å². The summed E-state index contributed by atoms with van der Waals surface area (Å²) >= 11 is 3.40. The molecule has 0 aliphatic carbocycles. The number of amides is 1. The van der Waals surface area contributed by atoms with Crippen molar-refractivity contribution in [3.63, 3.8) is 0 Å². The molecule has 1 fully saturated rings. The van der Waals surface area contributed by atoms with Gasteiger partial charge in [0.1, 0.15) is 5.82 Å². The average molecular weight is 366 g/mol. The van der Waals surface area contributed by atoms with Gasteiger partial charge >= 0.3 is 0 Å². The molecular weight excluding hydrogens is 349 g/mol. The molecule has 0 bridgehead atoms. The first kappa shape index (κ1) is 15.2. The van der Waals surface area contributed by atoms with Crippen LogP contribution in [0.3, 0.4) is 0 Å². The fourth-order valence-corrected chi connectivity index (χ4v) is 3.29. The van der Waals surface area contributed by atoms with Crippen LogP contribution in [0.4, 0.5) is 4.39 Å². The normalized spacial score (nSPS) is 18.0. The van der Waals surface area contributed by atoms with Crippen LogP contribution in [0.5, 0.6) is 0 Å². The smallest absolute Gasteiger partial charge is 0.275 e. The Morgan fingerprint density at radius 3 is 3.05 bits per heavy atom. The number of aromatic nitrogens is 2. The molecule has 1 atom stereocenters. The van der Waals surface area contributed by atoms with Crippen molar-refractivity contribution in [2.45, 2.75) is 32.2 Å². The van der Waals surface area contributed by atoms with Crippen LogP contribution >= 0.6 is 15.9 Å². The van der Waals surface area contributed by atoms with E-state index < -0.39 is 0 Å². The SMILES string of the molecule is Cc1[nH]nc(C(=O)N2CCC[C@@H]2Cc2cccc(F)c2)c1Br. The molecule has 1 aliphatic rings. The van der Waals surface area contributed by atoms with Gasteiger partial charge in [-0.05, 0) is 59.8 Å². The average Bonchev–Trinajstić information content (AvgIpc) is 3.07. The first-order chi connectivity index (χ1) is 10.6. The van der Waals surface area contributed by atoms with Crippen molar-refractivity contribution in [3.8, 4) is 0 Å². The summed E-state index contributed by atoms with van der Waals surface area (Å²) in [6, 6.07) is 6.68. The van der Waals surface area contributed by atoms with Crippen LogP contribution in [0.15, 0.2) is 28.7 Å². The van der Waals surface area contributed by atoms with Crippen molar-refractivity contribution in [2.75, 3.05) is 6.54 Å². The van der Waals surface area contributed by atoms with Gasteiger partial charge in [0.25, 0.3) is 5.91 Å². The number of hydrogen-bond donors (Lipinski definition) is 1. The lowest BCUT2D eigenvalue weighted by Gasteiger charge is -2.24. The van der Waals surface area contributed by atoms with Crippen molar-refractivity contribution < 1.29 is 9.18 Å². The molecular formula is C16H17BrFN3O. The molecule has 1 saturated heterocycles. The lowest BCUT2D eigenvalue weighted by Crippen LogP contribution is -2.37. The van der Waals surface area contributed by atoms with Crippen molar-refractivity contribution in [1.29, 1.82) is 0 Å². The fourth-order valence-electron chi connectivity index (χ4n) is 2.94. The Morgan fingerprint density at radius 1 is 1.55 bits per heavy atom. The van der Waals surface area contributed by atoms with Gasteiger partial charge in [0.05, 0.1) is 4.47 Å². The zero-order chi connectivity index (χ0) is 15.7. The number of carbonyl (C=O) groups is 1.